The summed E-state index contributed by atoms with van der Waals surface area (Å²) in [5, 5.41) is 11.2. The monoisotopic (exact) mass is 345 g/mol. The Morgan fingerprint density at radius 3 is 2.89 bits per heavy atom. The largest absolute Gasteiger partial charge is 0.316 e. The predicted molar refractivity (Wildman–Crippen MR) is 77.6 cm³/mol. The van der Waals surface area contributed by atoms with Crippen molar-refractivity contribution in [3.05, 3.63) is 26.3 Å². The van der Waals surface area contributed by atoms with Gasteiger partial charge in [-0.05, 0) is 34.5 Å². The summed E-state index contributed by atoms with van der Waals surface area (Å²) in [6, 6.07) is 0. The van der Waals surface area contributed by atoms with Gasteiger partial charge in [0.2, 0.25) is 11.7 Å². The maximum Gasteiger partial charge on any atom is 0.316 e. The molecule has 0 saturated carbocycles. The lowest BCUT2D eigenvalue weighted by Gasteiger charge is -2.16. The van der Waals surface area contributed by atoms with E-state index in [0.29, 0.717) is 28.8 Å². The molecular weight excluding hydrogens is 334 g/mol. The lowest BCUT2D eigenvalue weighted by Crippen LogP contribution is -2.27. The number of hydrogen-bond donors (Lipinski definition) is 1. The van der Waals surface area contributed by atoms with Crippen molar-refractivity contribution >= 4 is 46.0 Å². The van der Waals surface area contributed by atoms with Crippen LogP contribution in [0, 0.1) is 23.0 Å². The third-order valence-electron chi connectivity index (χ3n) is 3.13. The third-order valence-corrected chi connectivity index (χ3v) is 4.44. The number of pyridine rings is 1. The van der Waals surface area contributed by atoms with Gasteiger partial charge in [-0.25, -0.2) is 4.98 Å². The molecule has 2 rings (SSSR count). The van der Waals surface area contributed by atoms with Crippen molar-refractivity contribution in [2.24, 2.45) is 5.92 Å². The van der Waals surface area contributed by atoms with Crippen molar-refractivity contribution in [1.29, 1.82) is 0 Å². The molecule has 0 spiro atoms. The minimum absolute atomic E-state index is 0.112. The van der Waals surface area contributed by atoms with Crippen LogP contribution in [-0.4, -0.2) is 28.1 Å². The normalized spacial score (nSPS) is 19.0. The van der Waals surface area contributed by atoms with E-state index in [9.17, 15) is 14.9 Å². The van der Waals surface area contributed by atoms with Crippen molar-refractivity contribution in [3.63, 3.8) is 0 Å². The number of hydrogen-bond acceptors (Lipinski definition) is 5. The Labute approximate surface area is 123 Å². The van der Waals surface area contributed by atoms with Gasteiger partial charge >= 0.3 is 5.69 Å². The van der Waals surface area contributed by atoms with E-state index in [-0.39, 0.29) is 23.3 Å². The molecule has 1 aliphatic rings. The number of thiol groups is 1. The molecule has 1 aromatic rings. The summed E-state index contributed by atoms with van der Waals surface area (Å²) in [5.41, 5.74) is 0.347. The van der Waals surface area contributed by atoms with Crippen molar-refractivity contribution in [1.82, 2.24) is 4.98 Å². The van der Waals surface area contributed by atoms with E-state index in [2.05, 4.69) is 33.5 Å². The Morgan fingerprint density at radius 2 is 2.37 bits per heavy atom. The molecule has 0 aliphatic carbocycles. The van der Waals surface area contributed by atoms with Crippen LogP contribution in [0.2, 0.25) is 0 Å². The van der Waals surface area contributed by atoms with Crippen LogP contribution < -0.4 is 4.90 Å². The van der Waals surface area contributed by atoms with Crippen molar-refractivity contribution in [3.8, 4) is 0 Å². The average Bonchev–Trinajstić information content (AvgIpc) is 2.73. The first-order valence-electron chi connectivity index (χ1n) is 5.66. The van der Waals surface area contributed by atoms with Gasteiger partial charge in [-0.3, -0.25) is 19.8 Å². The number of carbonyl (C=O) groups excluding carboxylic acids is 1. The maximum atomic E-state index is 11.9. The van der Waals surface area contributed by atoms with Gasteiger partial charge < -0.3 is 0 Å². The topological polar surface area (TPSA) is 76.3 Å². The van der Waals surface area contributed by atoms with Gasteiger partial charge in [-0.2, -0.15) is 12.6 Å². The number of nitrogens with zero attached hydrogens (tertiary/aromatic N) is 3. The smallest absolute Gasteiger partial charge is 0.291 e. The molecule has 1 atom stereocenters. The molecular formula is C11H12BrN3O3S. The highest BCUT2D eigenvalue weighted by atomic mass is 79.9. The summed E-state index contributed by atoms with van der Waals surface area (Å²) in [7, 11) is 0. The van der Waals surface area contributed by atoms with Crippen LogP contribution in [0.25, 0.3) is 0 Å². The van der Waals surface area contributed by atoms with Crippen molar-refractivity contribution in [2.45, 2.75) is 13.3 Å². The molecule has 0 bridgehead atoms. The number of amides is 1. The quantitative estimate of drug-likeness (QED) is 0.518. The first-order chi connectivity index (χ1) is 8.95. The van der Waals surface area contributed by atoms with E-state index in [0.717, 1.165) is 0 Å². The van der Waals surface area contributed by atoms with Crippen LogP contribution in [0.15, 0.2) is 10.7 Å². The van der Waals surface area contributed by atoms with E-state index in [1.807, 2.05) is 0 Å². The van der Waals surface area contributed by atoms with Gasteiger partial charge in [0, 0.05) is 29.2 Å². The molecule has 1 aromatic heterocycles. The summed E-state index contributed by atoms with van der Waals surface area (Å²) in [6.07, 6.45) is 1.84. The second kappa shape index (κ2) is 5.46. The Bertz CT molecular complexity index is 552. The second-order valence-corrected chi connectivity index (χ2v) is 5.64. The van der Waals surface area contributed by atoms with E-state index < -0.39 is 4.92 Å². The second-order valence-electron chi connectivity index (χ2n) is 4.42. The van der Waals surface area contributed by atoms with Gasteiger partial charge in [0.15, 0.2) is 0 Å². The van der Waals surface area contributed by atoms with Gasteiger partial charge in [-0.1, -0.05) is 0 Å². The highest BCUT2D eigenvalue weighted by Gasteiger charge is 2.35. The molecule has 102 valence electrons. The minimum Gasteiger partial charge on any atom is -0.291 e. The number of halogens is 1. The van der Waals surface area contributed by atoms with Gasteiger partial charge in [0.05, 0.1) is 4.92 Å². The Kier molecular flexibility index (Phi) is 4.10. The average molecular weight is 346 g/mol. The molecule has 1 saturated heterocycles. The van der Waals surface area contributed by atoms with E-state index in [1.165, 1.54) is 11.1 Å². The SMILES string of the molecule is Cc1c(Br)cnc(N2CC(CS)CC2=O)c1[N+](=O)[O-]. The maximum absolute atomic E-state index is 11.9. The summed E-state index contributed by atoms with van der Waals surface area (Å²) >= 11 is 7.39. The zero-order chi connectivity index (χ0) is 14.2. The molecule has 8 heteroatoms. The summed E-state index contributed by atoms with van der Waals surface area (Å²) < 4.78 is 0.556. The Hall–Kier alpha value is -1.15. The molecule has 0 aromatic carbocycles. The van der Waals surface area contributed by atoms with Crippen LogP contribution in [0.3, 0.4) is 0 Å². The van der Waals surface area contributed by atoms with Crippen molar-refractivity contribution < 1.29 is 9.72 Å². The zero-order valence-corrected chi connectivity index (χ0v) is 12.6. The molecule has 1 amide bonds. The Balaban J connectivity index is 2.49. The van der Waals surface area contributed by atoms with Crippen LogP contribution in [0.5, 0.6) is 0 Å². The lowest BCUT2D eigenvalue weighted by molar-refractivity contribution is -0.384. The minimum atomic E-state index is -0.496. The molecule has 0 radical (unpaired) electrons. The molecule has 2 heterocycles. The van der Waals surface area contributed by atoms with Crippen LogP contribution in [-0.2, 0) is 4.79 Å². The van der Waals surface area contributed by atoms with Gasteiger partial charge in [-0.15, -0.1) is 0 Å². The molecule has 0 N–H and O–H groups in total. The predicted octanol–water partition coefficient (Wildman–Crippen LogP) is 2.34. The van der Waals surface area contributed by atoms with Gasteiger partial charge in [0.25, 0.3) is 0 Å². The zero-order valence-electron chi connectivity index (χ0n) is 10.2. The van der Waals surface area contributed by atoms with Crippen LogP contribution >= 0.6 is 28.6 Å². The fraction of sp³-hybridized carbons (Fsp3) is 0.455. The Morgan fingerprint density at radius 1 is 1.68 bits per heavy atom. The molecule has 1 aliphatic heterocycles. The number of nitro groups is 1. The van der Waals surface area contributed by atoms with Crippen molar-refractivity contribution in [2.75, 3.05) is 17.2 Å². The summed E-state index contributed by atoms with van der Waals surface area (Å²) in [5.74, 6) is 0.670. The van der Waals surface area contributed by atoms with Crippen LogP contribution in [0.1, 0.15) is 12.0 Å². The molecule has 1 fully saturated rings. The molecule has 6 nitrogen and oxygen atoms in total. The first-order valence-corrected chi connectivity index (χ1v) is 7.09. The lowest BCUT2D eigenvalue weighted by atomic mass is 10.1. The number of rotatable bonds is 3. The molecule has 19 heavy (non-hydrogen) atoms. The van der Waals surface area contributed by atoms with E-state index >= 15 is 0 Å². The van der Waals surface area contributed by atoms with E-state index in [1.54, 1.807) is 6.92 Å². The van der Waals surface area contributed by atoms with E-state index in [4.69, 9.17) is 0 Å². The highest BCUT2D eigenvalue weighted by molar-refractivity contribution is 9.10. The fourth-order valence-electron chi connectivity index (χ4n) is 2.08. The number of anilines is 1. The highest BCUT2D eigenvalue weighted by Crippen LogP contribution is 2.36. The van der Waals surface area contributed by atoms with Gasteiger partial charge in [0.1, 0.15) is 0 Å². The van der Waals surface area contributed by atoms with Crippen LogP contribution in [0.4, 0.5) is 11.5 Å². The summed E-state index contributed by atoms with van der Waals surface area (Å²) in [4.78, 5) is 28.1. The number of aromatic nitrogens is 1. The number of carbonyl (C=O) groups is 1. The third kappa shape index (κ3) is 2.59. The molecule has 1 unspecified atom stereocenters. The summed E-state index contributed by atoms with van der Waals surface area (Å²) in [6.45, 7) is 2.06. The fourth-order valence-corrected chi connectivity index (χ4v) is 2.62. The standard InChI is InChI=1S/C11H12BrN3O3S/c1-6-8(12)3-13-11(10(6)15(17)18)14-4-7(5-19)2-9(14)16/h3,7,19H,2,4-5H2,1H3. The first kappa shape index (κ1) is 14.3.